The molecule has 3 fully saturated rings. The second-order valence-electron chi connectivity index (χ2n) is 6.48. The molecule has 1 unspecified atom stereocenters. The summed E-state index contributed by atoms with van der Waals surface area (Å²) < 4.78 is 5.59. The molecule has 0 radical (unpaired) electrons. The first-order chi connectivity index (χ1) is 9.27. The third kappa shape index (κ3) is 3.66. The average Bonchev–Trinajstić information content (AvgIpc) is 3.09. The van der Waals surface area contributed by atoms with Crippen LogP contribution in [0.2, 0.25) is 0 Å². The number of halogens is 1. The third-order valence-electron chi connectivity index (χ3n) is 5.21. The summed E-state index contributed by atoms with van der Waals surface area (Å²) in [6.45, 7) is 5.13. The number of ether oxygens (including phenoxy) is 1. The zero-order chi connectivity index (χ0) is 13.1. The van der Waals surface area contributed by atoms with Crippen molar-refractivity contribution in [1.29, 1.82) is 0 Å². The van der Waals surface area contributed by atoms with Gasteiger partial charge in [-0.05, 0) is 50.5 Å². The molecule has 0 aromatic heterocycles. The summed E-state index contributed by atoms with van der Waals surface area (Å²) in [6, 6.07) is 0. The van der Waals surface area contributed by atoms with E-state index in [1.165, 1.54) is 19.3 Å². The van der Waals surface area contributed by atoms with Crippen LogP contribution in [0, 0.1) is 5.41 Å². The highest BCUT2D eigenvalue weighted by molar-refractivity contribution is 5.85. The maximum atomic E-state index is 12.2. The highest BCUT2D eigenvalue weighted by atomic mass is 35.5. The Morgan fingerprint density at radius 3 is 2.70 bits per heavy atom. The normalized spacial score (nSPS) is 28.6. The predicted octanol–water partition coefficient (Wildman–Crippen LogP) is 1.97. The van der Waals surface area contributed by atoms with Crippen molar-refractivity contribution in [1.82, 2.24) is 10.2 Å². The molecule has 1 amide bonds. The molecule has 0 aliphatic carbocycles. The van der Waals surface area contributed by atoms with Crippen LogP contribution in [0.3, 0.4) is 0 Å². The second kappa shape index (κ2) is 7.10. The number of carbonyl (C=O) groups is 1. The van der Waals surface area contributed by atoms with Gasteiger partial charge in [-0.1, -0.05) is 0 Å². The van der Waals surface area contributed by atoms with Gasteiger partial charge in [0.05, 0.1) is 6.10 Å². The molecule has 5 heteroatoms. The van der Waals surface area contributed by atoms with Crippen LogP contribution < -0.4 is 5.32 Å². The SMILES string of the molecule is Cl.O=C(CCC1CCCO1)N1CCC2(CCNC2)CC1. The maximum Gasteiger partial charge on any atom is 0.222 e. The van der Waals surface area contributed by atoms with Gasteiger partial charge in [-0.3, -0.25) is 4.79 Å². The lowest BCUT2D eigenvalue weighted by Crippen LogP contribution is -2.44. The van der Waals surface area contributed by atoms with Crippen LogP contribution in [0.4, 0.5) is 0 Å². The second-order valence-corrected chi connectivity index (χ2v) is 6.48. The number of piperidine rings is 1. The fourth-order valence-corrected chi connectivity index (χ4v) is 3.77. The number of hydrogen-bond donors (Lipinski definition) is 1. The van der Waals surface area contributed by atoms with E-state index in [9.17, 15) is 4.79 Å². The van der Waals surface area contributed by atoms with Gasteiger partial charge >= 0.3 is 0 Å². The Balaban J connectivity index is 0.00000147. The molecule has 3 saturated heterocycles. The first kappa shape index (κ1) is 16.1. The van der Waals surface area contributed by atoms with Gasteiger partial charge in [0.15, 0.2) is 0 Å². The Morgan fingerprint density at radius 1 is 1.30 bits per heavy atom. The van der Waals surface area contributed by atoms with Crippen molar-refractivity contribution >= 4 is 18.3 Å². The summed E-state index contributed by atoms with van der Waals surface area (Å²) in [7, 11) is 0. The molecule has 0 aromatic rings. The lowest BCUT2D eigenvalue weighted by molar-refractivity contribution is -0.134. The monoisotopic (exact) mass is 302 g/mol. The lowest BCUT2D eigenvalue weighted by atomic mass is 9.78. The van der Waals surface area contributed by atoms with Crippen LogP contribution in [0.5, 0.6) is 0 Å². The minimum atomic E-state index is 0. The highest BCUT2D eigenvalue weighted by Gasteiger charge is 2.37. The van der Waals surface area contributed by atoms with E-state index in [1.54, 1.807) is 0 Å². The van der Waals surface area contributed by atoms with Crippen molar-refractivity contribution in [3.63, 3.8) is 0 Å². The van der Waals surface area contributed by atoms with E-state index < -0.39 is 0 Å². The summed E-state index contributed by atoms with van der Waals surface area (Å²) in [4.78, 5) is 14.3. The summed E-state index contributed by atoms with van der Waals surface area (Å²) in [6.07, 6.45) is 7.92. The van der Waals surface area contributed by atoms with Gasteiger partial charge in [0.1, 0.15) is 0 Å². The topological polar surface area (TPSA) is 41.6 Å². The quantitative estimate of drug-likeness (QED) is 0.866. The van der Waals surface area contributed by atoms with Crippen molar-refractivity contribution < 1.29 is 9.53 Å². The molecule has 3 heterocycles. The first-order valence-electron chi connectivity index (χ1n) is 7.88. The zero-order valence-electron chi connectivity index (χ0n) is 12.2. The largest absolute Gasteiger partial charge is 0.378 e. The van der Waals surface area contributed by atoms with Gasteiger partial charge in [0, 0.05) is 32.7 Å². The molecule has 1 N–H and O–H groups in total. The van der Waals surface area contributed by atoms with Crippen LogP contribution in [0.1, 0.15) is 44.9 Å². The molecule has 0 bridgehead atoms. The van der Waals surface area contributed by atoms with E-state index >= 15 is 0 Å². The number of nitrogens with zero attached hydrogens (tertiary/aromatic N) is 1. The minimum absolute atomic E-state index is 0. The van der Waals surface area contributed by atoms with Crippen LogP contribution in [-0.4, -0.2) is 49.7 Å². The van der Waals surface area contributed by atoms with Crippen molar-refractivity contribution in [3.8, 4) is 0 Å². The molecule has 3 aliphatic rings. The van der Waals surface area contributed by atoms with E-state index in [1.807, 2.05) is 0 Å². The van der Waals surface area contributed by atoms with E-state index in [0.29, 0.717) is 23.8 Å². The number of carbonyl (C=O) groups excluding carboxylic acids is 1. The molecule has 0 aromatic carbocycles. The smallest absolute Gasteiger partial charge is 0.222 e. The van der Waals surface area contributed by atoms with Gasteiger partial charge in [0.25, 0.3) is 0 Å². The fraction of sp³-hybridized carbons (Fsp3) is 0.933. The number of likely N-dealkylation sites (tertiary alicyclic amines) is 1. The number of hydrogen-bond acceptors (Lipinski definition) is 3. The Morgan fingerprint density at radius 2 is 2.10 bits per heavy atom. The summed E-state index contributed by atoms with van der Waals surface area (Å²) >= 11 is 0. The maximum absolute atomic E-state index is 12.2. The Kier molecular flexibility index (Phi) is 5.70. The molecule has 20 heavy (non-hydrogen) atoms. The Hall–Kier alpha value is -0.320. The van der Waals surface area contributed by atoms with Crippen molar-refractivity contribution in [2.45, 2.75) is 51.0 Å². The molecule has 1 spiro atoms. The fourth-order valence-electron chi connectivity index (χ4n) is 3.77. The zero-order valence-corrected chi connectivity index (χ0v) is 13.1. The standard InChI is InChI=1S/C15H26N2O2.ClH/c18-14(4-3-13-2-1-11-19-13)17-9-6-15(7-10-17)5-8-16-12-15;/h13,16H,1-12H2;1H. The molecule has 3 rings (SSSR count). The molecule has 116 valence electrons. The first-order valence-corrected chi connectivity index (χ1v) is 7.88. The molecular formula is C15H27ClN2O2. The summed E-state index contributed by atoms with van der Waals surface area (Å²) in [5, 5.41) is 3.47. The van der Waals surface area contributed by atoms with E-state index in [2.05, 4.69) is 10.2 Å². The van der Waals surface area contributed by atoms with Crippen LogP contribution in [-0.2, 0) is 9.53 Å². The highest BCUT2D eigenvalue weighted by Crippen LogP contribution is 2.37. The van der Waals surface area contributed by atoms with Crippen molar-refractivity contribution in [2.24, 2.45) is 5.41 Å². The van der Waals surface area contributed by atoms with Crippen LogP contribution in [0.15, 0.2) is 0 Å². The van der Waals surface area contributed by atoms with E-state index in [4.69, 9.17) is 4.74 Å². The van der Waals surface area contributed by atoms with Crippen molar-refractivity contribution in [2.75, 3.05) is 32.8 Å². The Bertz CT molecular complexity index is 316. The van der Waals surface area contributed by atoms with E-state index in [0.717, 1.165) is 52.0 Å². The number of rotatable bonds is 3. The lowest BCUT2D eigenvalue weighted by Gasteiger charge is -2.39. The van der Waals surface area contributed by atoms with E-state index in [-0.39, 0.29) is 12.4 Å². The Labute approximate surface area is 128 Å². The minimum Gasteiger partial charge on any atom is -0.378 e. The van der Waals surface area contributed by atoms with Gasteiger partial charge in [-0.2, -0.15) is 0 Å². The van der Waals surface area contributed by atoms with Crippen LogP contribution in [0.25, 0.3) is 0 Å². The molecule has 4 nitrogen and oxygen atoms in total. The number of amides is 1. The third-order valence-corrected chi connectivity index (χ3v) is 5.21. The van der Waals surface area contributed by atoms with Gasteiger partial charge in [-0.15, -0.1) is 12.4 Å². The summed E-state index contributed by atoms with van der Waals surface area (Å²) in [5.74, 6) is 0.344. The number of nitrogens with one attached hydrogen (secondary N) is 1. The molecule has 1 atom stereocenters. The summed E-state index contributed by atoms with van der Waals surface area (Å²) in [5.41, 5.74) is 0.505. The van der Waals surface area contributed by atoms with Crippen molar-refractivity contribution in [3.05, 3.63) is 0 Å². The molecule has 0 saturated carbocycles. The van der Waals surface area contributed by atoms with Gasteiger partial charge in [0.2, 0.25) is 5.91 Å². The van der Waals surface area contributed by atoms with Gasteiger partial charge < -0.3 is 15.0 Å². The molecule has 3 aliphatic heterocycles. The van der Waals surface area contributed by atoms with Crippen LogP contribution >= 0.6 is 12.4 Å². The molecular weight excluding hydrogens is 276 g/mol. The predicted molar refractivity (Wildman–Crippen MR) is 81.2 cm³/mol. The average molecular weight is 303 g/mol. The van der Waals surface area contributed by atoms with Gasteiger partial charge in [-0.25, -0.2) is 0 Å².